The Hall–Kier alpha value is -4.47. The molecule has 3 aromatic heterocycles. The summed E-state index contributed by atoms with van der Waals surface area (Å²) in [7, 11) is 1.83. The van der Waals surface area contributed by atoms with Crippen molar-refractivity contribution < 1.29 is 14.3 Å². The van der Waals surface area contributed by atoms with Crippen LogP contribution in [0.5, 0.6) is 5.88 Å². The van der Waals surface area contributed by atoms with Crippen molar-refractivity contribution in [1.82, 2.24) is 29.6 Å². The third-order valence-corrected chi connectivity index (χ3v) is 6.35. The van der Waals surface area contributed by atoms with E-state index >= 15 is 0 Å². The maximum atomic E-state index is 13.5. The number of carbonyl (C=O) groups is 2. The summed E-state index contributed by atoms with van der Waals surface area (Å²) < 4.78 is 9.81. The van der Waals surface area contributed by atoms with Gasteiger partial charge in [0.1, 0.15) is 0 Å². The predicted octanol–water partition coefficient (Wildman–Crippen LogP) is 3.76. The highest BCUT2D eigenvalue weighted by atomic mass is 16.5. The molecule has 1 aliphatic heterocycles. The predicted molar refractivity (Wildman–Crippen MR) is 140 cm³/mol. The Bertz CT molecular complexity index is 1500. The van der Waals surface area contributed by atoms with Crippen molar-refractivity contribution in [1.29, 1.82) is 0 Å². The minimum absolute atomic E-state index is 0.248. The lowest BCUT2D eigenvalue weighted by Crippen LogP contribution is -2.21. The van der Waals surface area contributed by atoms with Gasteiger partial charge in [0.05, 0.1) is 35.1 Å². The molecule has 0 spiro atoms. The van der Waals surface area contributed by atoms with Gasteiger partial charge in [-0.3, -0.25) is 19.9 Å². The van der Waals surface area contributed by atoms with Crippen LogP contribution in [0, 0.1) is 6.92 Å². The highest BCUT2D eigenvalue weighted by Gasteiger charge is 2.20. The first-order valence-electron chi connectivity index (χ1n) is 12.3. The highest BCUT2D eigenvalue weighted by Crippen LogP contribution is 2.30. The molecule has 0 saturated heterocycles. The van der Waals surface area contributed by atoms with Crippen LogP contribution >= 0.6 is 0 Å². The molecule has 0 saturated carbocycles. The van der Waals surface area contributed by atoms with Gasteiger partial charge in [0.2, 0.25) is 17.7 Å². The molecule has 4 aromatic rings. The smallest absolute Gasteiger partial charge is 0.258 e. The maximum absolute atomic E-state index is 13.5. The van der Waals surface area contributed by atoms with Crippen LogP contribution in [0.25, 0.3) is 22.3 Å². The van der Waals surface area contributed by atoms with E-state index in [-0.39, 0.29) is 11.8 Å². The van der Waals surface area contributed by atoms with E-state index in [4.69, 9.17) is 9.72 Å². The quantitative estimate of drug-likeness (QED) is 0.415. The van der Waals surface area contributed by atoms with Crippen LogP contribution in [0.4, 0.5) is 5.95 Å². The van der Waals surface area contributed by atoms with E-state index in [0.717, 1.165) is 41.4 Å². The van der Waals surface area contributed by atoms with Gasteiger partial charge in [-0.25, -0.2) is 9.67 Å². The number of nitrogens with one attached hydrogen (secondary N) is 2. The van der Waals surface area contributed by atoms with Crippen LogP contribution in [0.2, 0.25) is 0 Å². The van der Waals surface area contributed by atoms with Gasteiger partial charge in [-0.05, 0) is 56.0 Å². The van der Waals surface area contributed by atoms with Crippen molar-refractivity contribution in [3.63, 3.8) is 0 Å². The Labute approximate surface area is 214 Å². The molecule has 0 aliphatic carbocycles. The number of fused-ring (bicyclic) bond motifs is 7. The number of ether oxygens (including phenoxy) is 1. The fourth-order valence-corrected chi connectivity index (χ4v) is 4.57. The molecule has 1 aliphatic rings. The molecule has 2 amide bonds. The molecule has 5 rings (SSSR count). The number of rotatable bonds is 3. The summed E-state index contributed by atoms with van der Waals surface area (Å²) >= 11 is 0. The molecule has 2 bridgehead atoms. The number of hydrogen-bond acceptors (Lipinski definition) is 6. The van der Waals surface area contributed by atoms with Gasteiger partial charge in [0.25, 0.3) is 5.91 Å². The van der Waals surface area contributed by atoms with Gasteiger partial charge in [-0.2, -0.15) is 5.10 Å². The number of imidazole rings is 1. The molecule has 1 aromatic carbocycles. The zero-order valence-electron chi connectivity index (χ0n) is 21.0. The number of para-hydroxylation sites is 1. The molecular weight excluding hydrogens is 470 g/mol. The van der Waals surface area contributed by atoms with E-state index in [2.05, 4.69) is 27.3 Å². The second kappa shape index (κ2) is 10.3. The average molecular weight is 500 g/mol. The summed E-state index contributed by atoms with van der Waals surface area (Å²) in [5, 5.41) is 10.2. The number of aromatic nitrogens is 5. The van der Waals surface area contributed by atoms with E-state index in [1.807, 2.05) is 36.7 Å². The molecule has 2 N–H and O–H groups in total. The third-order valence-electron chi connectivity index (χ3n) is 6.35. The minimum Gasteiger partial charge on any atom is -0.477 e. The molecule has 0 fully saturated rings. The van der Waals surface area contributed by atoms with Crippen molar-refractivity contribution in [2.45, 2.75) is 39.3 Å². The van der Waals surface area contributed by atoms with Crippen LogP contribution in [0.1, 0.15) is 40.9 Å². The molecule has 0 radical (unpaired) electrons. The standard InChI is InChI=1S/C27H29N7O3/c1-4-23(35)28-15-18-9-8-10-21-24(18)34-11-6-5-7-12-37-26-20(16-29-33(26)3)22-14-19(13-17(2)30-22)25(36)32-27(34)31-21/h4,8-10,13-14,16H,1,5-7,11-12,15H2,2-3H3,(H,28,35)(H,31,32,36). The SMILES string of the molecule is C=CC(=O)NCc1cccc2nc3n(c12)CCCCCOc1c(cnn1C)-c1cc(cc(C)n1)C(=O)N3. The summed E-state index contributed by atoms with van der Waals surface area (Å²) in [6.07, 6.45) is 5.59. The monoisotopic (exact) mass is 499 g/mol. The Kier molecular flexibility index (Phi) is 6.72. The third kappa shape index (κ3) is 4.95. The number of carbonyl (C=O) groups excluding carboxylic acids is 2. The zero-order chi connectivity index (χ0) is 25.9. The largest absolute Gasteiger partial charge is 0.477 e. The van der Waals surface area contributed by atoms with Crippen LogP contribution in [-0.4, -0.2) is 42.7 Å². The lowest BCUT2D eigenvalue weighted by molar-refractivity contribution is -0.116. The van der Waals surface area contributed by atoms with Gasteiger partial charge in [-0.1, -0.05) is 18.7 Å². The minimum atomic E-state index is -0.286. The molecule has 10 nitrogen and oxygen atoms in total. The summed E-state index contributed by atoms with van der Waals surface area (Å²) in [6.45, 7) is 6.89. The van der Waals surface area contributed by atoms with Gasteiger partial charge in [0, 0.05) is 31.4 Å². The van der Waals surface area contributed by atoms with Gasteiger partial charge in [0.15, 0.2) is 0 Å². The Morgan fingerprint density at radius 1 is 1.24 bits per heavy atom. The summed E-state index contributed by atoms with van der Waals surface area (Å²) in [5.41, 5.74) is 5.07. The number of aryl methyl sites for hydroxylation is 3. The van der Waals surface area contributed by atoms with Gasteiger partial charge in [-0.15, -0.1) is 0 Å². The molecular formula is C27H29N7O3. The second-order valence-corrected chi connectivity index (χ2v) is 9.03. The molecule has 0 atom stereocenters. The van der Waals surface area contributed by atoms with Crippen molar-refractivity contribution in [2.75, 3.05) is 11.9 Å². The normalized spacial score (nSPS) is 13.9. The Balaban J connectivity index is 1.57. The number of benzene rings is 1. The van der Waals surface area contributed by atoms with Crippen LogP contribution in [0.3, 0.4) is 0 Å². The van der Waals surface area contributed by atoms with Crippen molar-refractivity contribution in [3.05, 3.63) is 66.0 Å². The Morgan fingerprint density at radius 2 is 2.11 bits per heavy atom. The molecule has 10 heteroatoms. The zero-order valence-corrected chi connectivity index (χ0v) is 21.0. The number of hydrogen-bond donors (Lipinski definition) is 2. The molecule has 190 valence electrons. The van der Waals surface area contributed by atoms with E-state index in [1.165, 1.54) is 6.08 Å². The van der Waals surface area contributed by atoms with Crippen molar-refractivity contribution in [3.8, 4) is 17.1 Å². The van der Waals surface area contributed by atoms with E-state index in [0.29, 0.717) is 48.5 Å². The fourth-order valence-electron chi connectivity index (χ4n) is 4.57. The summed E-state index contributed by atoms with van der Waals surface area (Å²) in [4.78, 5) is 34.6. The maximum Gasteiger partial charge on any atom is 0.258 e. The topological polar surface area (TPSA) is 116 Å². The van der Waals surface area contributed by atoms with Gasteiger partial charge >= 0.3 is 0 Å². The van der Waals surface area contributed by atoms with Gasteiger partial charge < -0.3 is 14.6 Å². The number of anilines is 1. The van der Waals surface area contributed by atoms with Crippen LogP contribution in [-0.2, 0) is 24.9 Å². The lowest BCUT2D eigenvalue weighted by Gasteiger charge is -2.13. The first-order valence-corrected chi connectivity index (χ1v) is 12.3. The van der Waals surface area contributed by atoms with Crippen molar-refractivity contribution >= 4 is 28.8 Å². The summed E-state index contributed by atoms with van der Waals surface area (Å²) in [6, 6.07) is 9.25. The van der Waals surface area contributed by atoms with Crippen LogP contribution in [0.15, 0.2) is 49.2 Å². The number of nitrogens with zero attached hydrogens (tertiary/aromatic N) is 5. The molecule has 0 unspecified atom stereocenters. The molecule has 4 heterocycles. The second-order valence-electron chi connectivity index (χ2n) is 9.03. The molecule has 37 heavy (non-hydrogen) atoms. The number of amides is 2. The summed E-state index contributed by atoms with van der Waals surface area (Å²) in [5.74, 6) is 0.560. The first-order chi connectivity index (χ1) is 17.9. The number of pyridine rings is 1. The van der Waals surface area contributed by atoms with E-state index < -0.39 is 0 Å². The van der Waals surface area contributed by atoms with Crippen molar-refractivity contribution in [2.24, 2.45) is 7.05 Å². The Morgan fingerprint density at radius 3 is 2.95 bits per heavy atom. The van der Waals surface area contributed by atoms with E-state index in [9.17, 15) is 9.59 Å². The lowest BCUT2D eigenvalue weighted by atomic mass is 10.1. The van der Waals surface area contributed by atoms with E-state index in [1.54, 1.807) is 23.0 Å². The first kappa shape index (κ1) is 24.2. The van der Waals surface area contributed by atoms with Crippen LogP contribution < -0.4 is 15.4 Å². The highest BCUT2D eigenvalue weighted by molar-refractivity contribution is 6.05. The fraction of sp³-hybridized carbons (Fsp3) is 0.296. The average Bonchev–Trinajstić information content (AvgIpc) is 3.43.